The average Bonchev–Trinajstić information content (AvgIpc) is 2.53. The first-order chi connectivity index (χ1) is 6.25. The Hall–Kier alpha value is -0.860. The highest BCUT2D eigenvalue weighted by atomic mass is 16.6. The molecule has 1 aromatic carbocycles. The fourth-order valence-corrected chi connectivity index (χ4v) is 1.65. The Kier molecular flexibility index (Phi) is 2.34. The molecule has 0 spiro atoms. The molecule has 0 bridgehead atoms. The number of aliphatic hydroxyl groups is 1. The van der Waals surface area contributed by atoms with Crippen molar-refractivity contribution >= 4 is 0 Å². The quantitative estimate of drug-likeness (QED) is 0.714. The molecule has 2 heteroatoms. The monoisotopic (exact) mass is 178 g/mol. The molecule has 13 heavy (non-hydrogen) atoms. The van der Waals surface area contributed by atoms with Crippen LogP contribution in [0.2, 0.25) is 0 Å². The van der Waals surface area contributed by atoms with Crippen LogP contribution in [0.15, 0.2) is 24.3 Å². The molecule has 1 N–H and O–H groups in total. The lowest BCUT2D eigenvalue weighted by Crippen LogP contribution is -2.03. The van der Waals surface area contributed by atoms with Crippen LogP contribution in [-0.2, 0) is 4.74 Å². The van der Waals surface area contributed by atoms with Gasteiger partial charge in [0.1, 0.15) is 0 Å². The number of aryl methyl sites for hydroxylation is 1. The van der Waals surface area contributed by atoms with Crippen LogP contribution in [0.5, 0.6) is 0 Å². The van der Waals surface area contributed by atoms with Crippen molar-refractivity contribution < 1.29 is 9.84 Å². The Morgan fingerprint density at radius 1 is 1.23 bits per heavy atom. The van der Waals surface area contributed by atoms with E-state index in [-0.39, 0.29) is 6.10 Å². The molecule has 1 heterocycles. The second-order valence-electron chi connectivity index (χ2n) is 3.57. The molecular formula is C11H14O2. The van der Waals surface area contributed by atoms with Gasteiger partial charge in [-0.05, 0) is 18.9 Å². The van der Waals surface area contributed by atoms with Gasteiger partial charge in [0.2, 0.25) is 0 Å². The van der Waals surface area contributed by atoms with Crippen LogP contribution in [0.25, 0.3) is 0 Å². The van der Waals surface area contributed by atoms with Crippen molar-refractivity contribution in [1.29, 1.82) is 0 Å². The molecular weight excluding hydrogens is 164 g/mol. The van der Waals surface area contributed by atoms with Gasteiger partial charge in [-0.2, -0.15) is 0 Å². The molecule has 2 atom stereocenters. The molecule has 0 aromatic heterocycles. The minimum atomic E-state index is -0.564. The minimum Gasteiger partial charge on any atom is -0.368 e. The standard InChI is InChI=1S/C11H14O2/c1-8-2-4-9(5-3-8)10-6-7-11(12)13-10/h2-5,10-12H,6-7H2,1H3. The summed E-state index contributed by atoms with van der Waals surface area (Å²) in [5.41, 5.74) is 2.42. The molecule has 1 aliphatic rings. The zero-order chi connectivity index (χ0) is 9.26. The van der Waals surface area contributed by atoms with E-state index < -0.39 is 6.29 Å². The molecule has 1 fully saturated rings. The van der Waals surface area contributed by atoms with Crippen LogP contribution in [0.3, 0.4) is 0 Å². The topological polar surface area (TPSA) is 29.5 Å². The summed E-state index contributed by atoms with van der Waals surface area (Å²) in [5, 5.41) is 9.19. The number of ether oxygens (including phenoxy) is 1. The average molecular weight is 178 g/mol. The summed E-state index contributed by atoms with van der Waals surface area (Å²) in [7, 11) is 0. The molecule has 2 nitrogen and oxygen atoms in total. The molecule has 0 saturated carbocycles. The van der Waals surface area contributed by atoms with Gasteiger partial charge in [-0.25, -0.2) is 0 Å². The Morgan fingerprint density at radius 3 is 2.46 bits per heavy atom. The first-order valence-electron chi connectivity index (χ1n) is 4.66. The molecule has 0 amide bonds. The van der Waals surface area contributed by atoms with Crippen molar-refractivity contribution in [3.63, 3.8) is 0 Å². The van der Waals surface area contributed by atoms with Gasteiger partial charge in [-0.1, -0.05) is 29.8 Å². The van der Waals surface area contributed by atoms with Crippen LogP contribution in [0.1, 0.15) is 30.1 Å². The van der Waals surface area contributed by atoms with E-state index >= 15 is 0 Å². The van der Waals surface area contributed by atoms with Crippen LogP contribution in [-0.4, -0.2) is 11.4 Å². The molecule has 2 unspecified atom stereocenters. The lowest BCUT2D eigenvalue weighted by atomic mass is 10.1. The third-order valence-electron chi connectivity index (χ3n) is 2.45. The van der Waals surface area contributed by atoms with E-state index in [0.717, 1.165) is 12.8 Å². The van der Waals surface area contributed by atoms with E-state index in [1.807, 2.05) is 0 Å². The number of rotatable bonds is 1. The fraction of sp³-hybridized carbons (Fsp3) is 0.455. The van der Waals surface area contributed by atoms with E-state index in [1.54, 1.807) is 0 Å². The van der Waals surface area contributed by atoms with E-state index in [9.17, 15) is 5.11 Å². The summed E-state index contributed by atoms with van der Waals surface area (Å²) >= 11 is 0. The normalized spacial score (nSPS) is 27.8. The predicted molar refractivity (Wildman–Crippen MR) is 50.2 cm³/mol. The maximum absolute atomic E-state index is 9.19. The molecule has 1 saturated heterocycles. The van der Waals surface area contributed by atoms with Crippen molar-refractivity contribution in [2.45, 2.75) is 32.2 Å². The summed E-state index contributed by atoms with van der Waals surface area (Å²) in [4.78, 5) is 0. The van der Waals surface area contributed by atoms with E-state index in [1.165, 1.54) is 11.1 Å². The second kappa shape index (κ2) is 3.48. The Bertz CT molecular complexity index is 279. The number of hydrogen-bond donors (Lipinski definition) is 1. The number of aliphatic hydroxyl groups excluding tert-OH is 1. The van der Waals surface area contributed by atoms with E-state index in [2.05, 4.69) is 31.2 Å². The molecule has 70 valence electrons. The SMILES string of the molecule is Cc1ccc(C2CCC(O)O2)cc1. The van der Waals surface area contributed by atoms with Gasteiger partial charge in [0, 0.05) is 6.42 Å². The third-order valence-corrected chi connectivity index (χ3v) is 2.45. The summed E-state index contributed by atoms with van der Waals surface area (Å²) in [6.07, 6.45) is 1.20. The number of benzene rings is 1. The summed E-state index contributed by atoms with van der Waals surface area (Å²) in [6.45, 7) is 2.06. The maximum Gasteiger partial charge on any atom is 0.155 e. The molecule has 0 radical (unpaired) electrons. The lowest BCUT2D eigenvalue weighted by molar-refractivity contribution is -0.0913. The first-order valence-corrected chi connectivity index (χ1v) is 4.66. The fourth-order valence-electron chi connectivity index (χ4n) is 1.65. The van der Waals surface area contributed by atoms with Gasteiger partial charge < -0.3 is 9.84 Å². The van der Waals surface area contributed by atoms with Crippen molar-refractivity contribution in [2.75, 3.05) is 0 Å². The Morgan fingerprint density at radius 2 is 1.92 bits per heavy atom. The number of hydrogen-bond acceptors (Lipinski definition) is 2. The minimum absolute atomic E-state index is 0.0931. The predicted octanol–water partition coefficient (Wildman–Crippen LogP) is 2.16. The van der Waals surface area contributed by atoms with Gasteiger partial charge in [-0.3, -0.25) is 0 Å². The Balaban J connectivity index is 2.13. The van der Waals surface area contributed by atoms with Crippen LogP contribution < -0.4 is 0 Å². The zero-order valence-corrected chi connectivity index (χ0v) is 7.73. The maximum atomic E-state index is 9.19. The first kappa shape index (κ1) is 8.73. The largest absolute Gasteiger partial charge is 0.368 e. The van der Waals surface area contributed by atoms with Gasteiger partial charge in [-0.15, -0.1) is 0 Å². The van der Waals surface area contributed by atoms with Crippen LogP contribution >= 0.6 is 0 Å². The van der Waals surface area contributed by atoms with Gasteiger partial charge in [0.15, 0.2) is 6.29 Å². The highest BCUT2D eigenvalue weighted by Gasteiger charge is 2.24. The van der Waals surface area contributed by atoms with Crippen LogP contribution in [0.4, 0.5) is 0 Å². The smallest absolute Gasteiger partial charge is 0.155 e. The highest BCUT2D eigenvalue weighted by molar-refractivity contribution is 5.23. The van der Waals surface area contributed by atoms with Crippen molar-refractivity contribution in [1.82, 2.24) is 0 Å². The summed E-state index contributed by atoms with van der Waals surface area (Å²) in [6, 6.07) is 8.28. The summed E-state index contributed by atoms with van der Waals surface area (Å²) < 4.78 is 5.34. The zero-order valence-electron chi connectivity index (χ0n) is 7.73. The van der Waals surface area contributed by atoms with Gasteiger partial charge >= 0.3 is 0 Å². The third kappa shape index (κ3) is 1.90. The molecule has 1 aliphatic heterocycles. The van der Waals surface area contributed by atoms with Crippen molar-refractivity contribution in [3.05, 3.63) is 35.4 Å². The molecule has 2 rings (SSSR count). The highest BCUT2D eigenvalue weighted by Crippen LogP contribution is 2.31. The van der Waals surface area contributed by atoms with E-state index in [4.69, 9.17) is 4.74 Å². The van der Waals surface area contributed by atoms with E-state index in [0.29, 0.717) is 0 Å². The summed E-state index contributed by atoms with van der Waals surface area (Å²) in [5.74, 6) is 0. The van der Waals surface area contributed by atoms with Crippen molar-refractivity contribution in [2.24, 2.45) is 0 Å². The Labute approximate surface area is 78.2 Å². The van der Waals surface area contributed by atoms with Gasteiger partial charge in [0.25, 0.3) is 0 Å². The van der Waals surface area contributed by atoms with Gasteiger partial charge in [0.05, 0.1) is 6.10 Å². The molecule has 1 aromatic rings. The van der Waals surface area contributed by atoms with Crippen molar-refractivity contribution in [3.8, 4) is 0 Å². The lowest BCUT2D eigenvalue weighted by Gasteiger charge is -2.10. The molecule has 0 aliphatic carbocycles. The van der Waals surface area contributed by atoms with Crippen LogP contribution in [0, 0.1) is 6.92 Å². The second-order valence-corrected chi connectivity index (χ2v) is 3.57.